The zero-order valence-corrected chi connectivity index (χ0v) is 14.3. The van der Waals surface area contributed by atoms with Crippen LogP contribution < -0.4 is 4.90 Å². The van der Waals surface area contributed by atoms with Gasteiger partial charge in [0.15, 0.2) is 0 Å². The number of hydrogen-bond acceptors (Lipinski definition) is 4. The van der Waals surface area contributed by atoms with Gasteiger partial charge in [-0.2, -0.15) is 0 Å². The van der Waals surface area contributed by atoms with Gasteiger partial charge in [-0.25, -0.2) is 0 Å². The Morgan fingerprint density at radius 3 is 2.21 bits per heavy atom. The number of hydrogen-bond donors (Lipinski definition) is 0. The molecule has 0 atom stereocenters. The highest BCUT2D eigenvalue weighted by atomic mass is 16.6. The summed E-state index contributed by atoms with van der Waals surface area (Å²) in [7, 11) is 5.67. The van der Waals surface area contributed by atoms with E-state index in [2.05, 4.69) is 0 Å². The van der Waals surface area contributed by atoms with Gasteiger partial charge in [0.05, 0.1) is 4.92 Å². The number of benzene rings is 2. The normalized spacial score (nSPS) is 10.3. The van der Waals surface area contributed by atoms with Crippen molar-refractivity contribution >= 4 is 17.3 Å². The summed E-state index contributed by atoms with van der Waals surface area (Å²) in [5.41, 5.74) is 3.07. The summed E-state index contributed by atoms with van der Waals surface area (Å²) in [6.07, 6.45) is 0. The van der Waals surface area contributed by atoms with E-state index in [1.54, 1.807) is 24.9 Å². The van der Waals surface area contributed by atoms with E-state index in [0.29, 0.717) is 17.7 Å². The van der Waals surface area contributed by atoms with Crippen molar-refractivity contribution in [2.45, 2.75) is 13.5 Å². The van der Waals surface area contributed by atoms with Crippen molar-refractivity contribution in [3.8, 4) is 0 Å². The number of rotatable bonds is 5. The highest BCUT2D eigenvalue weighted by molar-refractivity contribution is 5.94. The van der Waals surface area contributed by atoms with E-state index < -0.39 is 4.92 Å². The molecule has 1 amide bonds. The zero-order chi connectivity index (χ0) is 17.9. The number of nitrogens with zero attached hydrogens (tertiary/aromatic N) is 3. The van der Waals surface area contributed by atoms with Crippen molar-refractivity contribution in [2.24, 2.45) is 0 Å². The summed E-state index contributed by atoms with van der Waals surface area (Å²) in [5.74, 6) is -0.162. The molecule has 6 nitrogen and oxygen atoms in total. The Labute approximate surface area is 141 Å². The molecule has 0 aliphatic carbocycles. The molecule has 0 heterocycles. The lowest BCUT2D eigenvalue weighted by molar-refractivity contribution is -0.385. The van der Waals surface area contributed by atoms with Crippen LogP contribution in [0.1, 0.15) is 21.5 Å². The second-order valence-corrected chi connectivity index (χ2v) is 5.98. The Morgan fingerprint density at radius 1 is 1.08 bits per heavy atom. The number of anilines is 1. The van der Waals surface area contributed by atoms with Crippen LogP contribution >= 0.6 is 0 Å². The van der Waals surface area contributed by atoms with E-state index in [1.165, 1.54) is 12.1 Å². The molecule has 24 heavy (non-hydrogen) atoms. The van der Waals surface area contributed by atoms with Crippen LogP contribution in [0.5, 0.6) is 0 Å². The van der Waals surface area contributed by atoms with Gasteiger partial charge >= 0.3 is 0 Å². The van der Waals surface area contributed by atoms with Crippen LogP contribution in [0, 0.1) is 17.0 Å². The van der Waals surface area contributed by atoms with Gasteiger partial charge in [0.1, 0.15) is 0 Å². The number of nitro groups is 1. The van der Waals surface area contributed by atoms with Gasteiger partial charge in [0, 0.05) is 50.6 Å². The van der Waals surface area contributed by atoms with Gasteiger partial charge in [0.25, 0.3) is 11.6 Å². The molecule has 2 aromatic rings. The van der Waals surface area contributed by atoms with Crippen LogP contribution in [0.4, 0.5) is 11.4 Å². The zero-order valence-electron chi connectivity index (χ0n) is 14.3. The molecular formula is C18H21N3O3. The van der Waals surface area contributed by atoms with Crippen molar-refractivity contribution in [2.75, 3.05) is 26.0 Å². The maximum Gasteiger partial charge on any atom is 0.272 e. The molecular weight excluding hydrogens is 306 g/mol. The molecule has 0 fully saturated rings. The minimum Gasteiger partial charge on any atom is -0.378 e. The lowest BCUT2D eigenvalue weighted by Gasteiger charge is -2.18. The predicted octanol–water partition coefficient (Wildman–Crippen LogP) is 3.24. The largest absolute Gasteiger partial charge is 0.378 e. The van der Waals surface area contributed by atoms with Gasteiger partial charge < -0.3 is 9.80 Å². The first-order valence-corrected chi connectivity index (χ1v) is 7.56. The lowest BCUT2D eigenvalue weighted by Crippen LogP contribution is -2.26. The minimum absolute atomic E-state index is 0.0217. The molecule has 0 saturated carbocycles. The van der Waals surface area contributed by atoms with E-state index in [9.17, 15) is 14.9 Å². The van der Waals surface area contributed by atoms with E-state index in [4.69, 9.17) is 0 Å². The van der Waals surface area contributed by atoms with Gasteiger partial charge in [-0.3, -0.25) is 14.9 Å². The standard InChI is InChI=1S/C18H21N3O3/c1-13-11-15(7-10-17(13)21(23)24)18(22)20(4)12-14-5-8-16(9-6-14)19(2)3/h5-11H,12H2,1-4H3. The third-order valence-electron chi connectivity index (χ3n) is 3.86. The monoisotopic (exact) mass is 327 g/mol. The smallest absolute Gasteiger partial charge is 0.272 e. The fraction of sp³-hybridized carbons (Fsp3) is 0.278. The molecule has 0 radical (unpaired) electrons. The maximum atomic E-state index is 12.5. The van der Waals surface area contributed by atoms with Crippen LogP contribution in [0.25, 0.3) is 0 Å². The second-order valence-electron chi connectivity index (χ2n) is 5.98. The first-order chi connectivity index (χ1) is 11.3. The first kappa shape index (κ1) is 17.5. The summed E-state index contributed by atoms with van der Waals surface area (Å²) < 4.78 is 0. The fourth-order valence-corrected chi connectivity index (χ4v) is 2.46. The molecule has 126 valence electrons. The van der Waals surface area contributed by atoms with Gasteiger partial charge in [-0.15, -0.1) is 0 Å². The van der Waals surface area contributed by atoms with Gasteiger partial charge in [-0.1, -0.05) is 12.1 Å². The van der Waals surface area contributed by atoms with Crippen molar-refractivity contribution in [1.82, 2.24) is 4.90 Å². The number of amides is 1. The average molecular weight is 327 g/mol. The Hall–Kier alpha value is -2.89. The number of nitro benzene ring substituents is 1. The van der Waals surface area contributed by atoms with Crippen LogP contribution in [0.15, 0.2) is 42.5 Å². The molecule has 2 aromatic carbocycles. The SMILES string of the molecule is Cc1cc(C(=O)N(C)Cc2ccc(N(C)C)cc2)ccc1[N+](=O)[O-]. The van der Waals surface area contributed by atoms with Crippen molar-refractivity contribution < 1.29 is 9.72 Å². The first-order valence-electron chi connectivity index (χ1n) is 7.56. The fourth-order valence-electron chi connectivity index (χ4n) is 2.46. The van der Waals surface area contributed by atoms with E-state index in [1.807, 2.05) is 43.3 Å². The van der Waals surface area contributed by atoms with Crippen LogP contribution in [-0.4, -0.2) is 36.9 Å². The second kappa shape index (κ2) is 7.12. The number of carbonyl (C=O) groups is 1. The minimum atomic E-state index is -0.445. The predicted molar refractivity (Wildman–Crippen MR) is 94.4 cm³/mol. The summed E-state index contributed by atoms with van der Waals surface area (Å²) in [6.45, 7) is 2.11. The molecule has 0 aliphatic rings. The highest BCUT2D eigenvalue weighted by Crippen LogP contribution is 2.20. The van der Waals surface area contributed by atoms with E-state index in [-0.39, 0.29) is 11.6 Å². The van der Waals surface area contributed by atoms with Crippen molar-refractivity contribution in [3.05, 3.63) is 69.3 Å². The van der Waals surface area contributed by atoms with E-state index >= 15 is 0 Å². The van der Waals surface area contributed by atoms with Crippen molar-refractivity contribution in [1.29, 1.82) is 0 Å². The van der Waals surface area contributed by atoms with Crippen LogP contribution in [0.2, 0.25) is 0 Å². The van der Waals surface area contributed by atoms with E-state index in [0.717, 1.165) is 11.3 Å². The van der Waals surface area contributed by atoms with Gasteiger partial charge in [-0.05, 0) is 36.8 Å². The maximum absolute atomic E-state index is 12.5. The molecule has 2 rings (SSSR count). The molecule has 0 aliphatic heterocycles. The quantitative estimate of drug-likeness (QED) is 0.624. The molecule has 0 spiro atoms. The Morgan fingerprint density at radius 2 is 1.71 bits per heavy atom. The average Bonchev–Trinajstić information content (AvgIpc) is 2.54. The summed E-state index contributed by atoms with van der Waals surface area (Å²) in [5, 5.41) is 10.9. The van der Waals surface area contributed by atoms with Gasteiger partial charge in [0.2, 0.25) is 0 Å². The molecule has 0 saturated heterocycles. The number of aryl methyl sites for hydroxylation is 1. The molecule has 0 aromatic heterocycles. The highest BCUT2D eigenvalue weighted by Gasteiger charge is 2.16. The third kappa shape index (κ3) is 3.90. The Bertz CT molecular complexity index is 755. The topological polar surface area (TPSA) is 66.7 Å². The molecule has 0 N–H and O–H groups in total. The van der Waals surface area contributed by atoms with Crippen molar-refractivity contribution in [3.63, 3.8) is 0 Å². The number of carbonyl (C=O) groups excluding carboxylic acids is 1. The Kier molecular flexibility index (Phi) is 5.18. The summed E-state index contributed by atoms with van der Waals surface area (Å²) in [6, 6.07) is 12.4. The summed E-state index contributed by atoms with van der Waals surface area (Å²) in [4.78, 5) is 26.5. The molecule has 0 unspecified atom stereocenters. The Balaban J connectivity index is 2.11. The molecule has 6 heteroatoms. The molecule has 0 bridgehead atoms. The van der Waals surface area contributed by atoms with Crippen LogP contribution in [-0.2, 0) is 6.54 Å². The summed E-state index contributed by atoms with van der Waals surface area (Å²) >= 11 is 0. The van der Waals surface area contributed by atoms with Crippen LogP contribution in [0.3, 0.4) is 0 Å². The third-order valence-corrected chi connectivity index (χ3v) is 3.86. The lowest BCUT2D eigenvalue weighted by atomic mass is 10.1.